The zero-order valence-electron chi connectivity index (χ0n) is 14.7. The minimum absolute atomic E-state index is 0.317. The number of halogens is 1. The molecule has 0 unspecified atom stereocenters. The van der Waals surface area contributed by atoms with Crippen LogP contribution in [0, 0.1) is 0 Å². The van der Waals surface area contributed by atoms with Gasteiger partial charge in [-0.1, -0.05) is 54.1 Å². The second kappa shape index (κ2) is 8.25. The van der Waals surface area contributed by atoms with E-state index in [-0.39, 0.29) is 6.03 Å². The van der Waals surface area contributed by atoms with E-state index < -0.39 is 0 Å². The number of carbonyl (C=O) groups excluding carboxylic acids is 1. The summed E-state index contributed by atoms with van der Waals surface area (Å²) in [6, 6.07) is 24.3. The maximum absolute atomic E-state index is 12.2. The summed E-state index contributed by atoms with van der Waals surface area (Å²) in [5, 5.41) is 9.24. The number of hydrogen-bond acceptors (Lipinski definition) is 3. The summed E-state index contributed by atoms with van der Waals surface area (Å²) >= 11 is 7.46. The van der Waals surface area contributed by atoms with E-state index in [1.807, 2.05) is 60.0 Å². The van der Waals surface area contributed by atoms with Gasteiger partial charge in [-0.25, -0.2) is 9.78 Å². The molecule has 4 nitrogen and oxygen atoms in total. The number of anilines is 2. The van der Waals surface area contributed by atoms with Crippen molar-refractivity contribution in [2.75, 3.05) is 10.6 Å². The zero-order valence-corrected chi connectivity index (χ0v) is 16.3. The van der Waals surface area contributed by atoms with Gasteiger partial charge in [0.25, 0.3) is 0 Å². The predicted octanol–water partition coefficient (Wildman–Crippen LogP) is 6.77. The summed E-state index contributed by atoms with van der Waals surface area (Å²) in [7, 11) is 0. The van der Waals surface area contributed by atoms with Crippen LogP contribution >= 0.6 is 22.9 Å². The van der Waals surface area contributed by atoms with Crippen LogP contribution in [0.1, 0.15) is 0 Å². The van der Waals surface area contributed by atoms with Crippen LogP contribution < -0.4 is 10.6 Å². The number of amides is 2. The fraction of sp³-hybridized carbons (Fsp3) is 0. The molecule has 0 radical (unpaired) electrons. The van der Waals surface area contributed by atoms with Crippen molar-refractivity contribution in [1.29, 1.82) is 0 Å². The Hall–Kier alpha value is -3.15. The molecule has 1 aromatic heterocycles. The van der Waals surface area contributed by atoms with E-state index in [2.05, 4.69) is 10.6 Å². The maximum Gasteiger partial charge on any atom is 0.323 e. The highest BCUT2D eigenvalue weighted by Crippen LogP contribution is 2.29. The predicted molar refractivity (Wildman–Crippen MR) is 117 cm³/mol. The van der Waals surface area contributed by atoms with Gasteiger partial charge in [-0.05, 0) is 36.4 Å². The molecule has 6 heteroatoms. The number of urea groups is 1. The molecular formula is C22H16ClN3OS. The number of nitrogens with one attached hydrogen (secondary N) is 2. The normalized spacial score (nSPS) is 10.5. The Morgan fingerprint density at radius 3 is 2.32 bits per heavy atom. The van der Waals surface area contributed by atoms with Crippen LogP contribution in [0.3, 0.4) is 0 Å². The Balaban J connectivity index is 1.48. The molecule has 0 saturated carbocycles. The summed E-state index contributed by atoms with van der Waals surface area (Å²) in [6.07, 6.45) is 0. The van der Waals surface area contributed by atoms with Gasteiger partial charge < -0.3 is 10.6 Å². The van der Waals surface area contributed by atoms with E-state index in [0.717, 1.165) is 21.8 Å². The molecule has 0 aliphatic carbocycles. The van der Waals surface area contributed by atoms with Gasteiger partial charge in [-0.2, -0.15) is 0 Å². The van der Waals surface area contributed by atoms with Crippen molar-refractivity contribution in [3.63, 3.8) is 0 Å². The van der Waals surface area contributed by atoms with Crippen molar-refractivity contribution >= 4 is 40.3 Å². The van der Waals surface area contributed by atoms with E-state index in [1.54, 1.807) is 35.6 Å². The quantitative estimate of drug-likeness (QED) is 0.393. The summed E-state index contributed by atoms with van der Waals surface area (Å²) in [4.78, 5) is 17.0. The minimum atomic E-state index is -0.317. The minimum Gasteiger partial charge on any atom is -0.308 e. The number of hydrogen-bond donors (Lipinski definition) is 2. The molecule has 4 rings (SSSR count). The van der Waals surface area contributed by atoms with Gasteiger partial charge in [0.05, 0.1) is 5.69 Å². The summed E-state index contributed by atoms with van der Waals surface area (Å²) in [5.74, 6) is 0. The highest BCUT2D eigenvalue weighted by atomic mass is 35.5. The number of benzene rings is 3. The Labute approximate surface area is 171 Å². The Kier molecular flexibility index (Phi) is 5.37. The number of carbonyl (C=O) groups is 1. The highest BCUT2D eigenvalue weighted by molar-refractivity contribution is 7.13. The molecule has 0 aliphatic rings. The smallest absolute Gasteiger partial charge is 0.308 e. The second-order valence-electron chi connectivity index (χ2n) is 6.07. The van der Waals surface area contributed by atoms with Crippen molar-refractivity contribution < 1.29 is 4.79 Å². The van der Waals surface area contributed by atoms with Crippen molar-refractivity contribution in [2.24, 2.45) is 0 Å². The van der Waals surface area contributed by atoms with Crippen LogP contribution in [0.2, 0.25) is 5.02 Å². The number of thiazole rings is 1. The lowest BCUT2D eigenvalue weighted by Gasteiger charge is -2.08. The molecule has 0 aliphatic heterocycles. The van der Waals surface area contributed by atoms with Gasteiger partial charge in [0.15, 0.2) is 0 Å². The first-order valence-corrected chi connectivity index (χ1v) is 9.88. The average Bonchev–Trinajstić information content (AvgIpc) is 3.21. The third-order valence-corrected chi connectivity index (χ3v) is 5.19. The van der Waals surface area contributed by atoms with E-state index in [1.165, 1.54) is 0 Å². The fourth-order valence-corrected chi connectivity index (χ4v) is 3.66. The largest absolute Gasteiger partial charge is 0.323 e. The van der Waals surface area contributed by atoms with Gasteiger partial charge in [-0.3, -0.25) is 0 Å². The Morgan fingerprint density at radius 1 is 0.821 bits per heavy atom. The van der Waals surface area contributed by atoms with E-state index in [0.29, 0.717) is 16.4 Å². The fourth-order valence-electron chi connectivity index (χ4n) is 2.70. The van der Waals surface area contributed by atoms with Gasteiger partial charge in [-0.15, -0.1) is 11.3 Å². The average molecular weight is 406 g/mol. The molecule has 2 amide bonds. The van der Waals surface area contributed by atoms with Crippen molar-refractivity contribution in [3.05, 3.63) is 89.3 Å². The molecule has 0 bridgehead atoms. The van der Waals surface area contributed by atoms with Gasteiger partial charge in [0.2, 0.25) is 0 Å². The van der Waals surface area contributed by atoms with Crippen LogP contribution in [-0.4, -0.2) is 11.0 Å². The van der Waals surface area contributed by atoms with Crippen LogP contribution in [0.25, 0.3) is 21.8 Å². The van der Waals surface area contributed by atoms with Crippen molar-refractivity contribution in [1.82, 2.24) is 4.98 Å². The number of rotatable bonds is 4. The van der Waals surface area contributed by atoms with Gasteiger partial charge in [0, 0.05) is 32.9 Å². The molecule has 0 saturated heterocycles. The molecule has 28 heavy (non-hydrogen) atoms. The highest BCUT2D eigenvalue weighted by Gasteiger charge is 2.08. The zero-order chi connectivity index (χ0) is 19.3. The lowest BCUT2D eigenvalue weighted by Crippen LogP contribution is -2.19. The molecule has 3 aromatic carbocycles. The first kappa shape index (κ1) is 18.2. The van der Waals surface area contributed by atoms with Gasteiger partial charge >= 0.3 is 6.03 Å². The molecule has 0 spiro atoms. The van der Waals surface area contributed by atoms with Crippen molar-refractivity contribution in [3.8, 4) is 21.8 Å². The molecule has 0 atom stereocenters. The SMILES string of the molecule is O=C(Nc1ccc(Cl)cc1)Nc1cccc(-c2csc(-c3ccccc3)n2)c1. The van der Waals surface area contributed by atoms with E-state index >= 15 is 0 Å². The summed E-state index contributed by atoms with van der Waals surface area (Å²) in [5.41, 5.74) is 4.28. The Bertz CT molecular complexity index is 1090. The Morgan fingerprint density at radius 2 is 1.54 bits per heavy atom. The van der Waals surface area contributed by atoms with Crippen LogP contribution in [0.5, 0.6) is 0 Å². The van der Waals surface area contributed by atoms with Crippen molar-refractivity contribution in [2.45, 2.75) is 0 Å². The first-order chi connectivity index (χ1) is 13.7. The molecule has 0 fully saturated rings. The van der Waals surface area contributed by atoms with Gasteiger partial charge in [0.1, 0.15) is 5.01 Å². The molecule has 4 aromatic rings. The third-order valence-electron chi connectivity index (χ3n) is 4.04. The molecule has 1 heterocycles. The van der Waals surface area contributed by atoms with E-state index in [9.17, 15) is 4.79 Å². The molecule has 2 N–H and O–H groups in total. The number of aromatic nitrogens is 1. The standard InChI is InChI=1S/C22H16ClN3OS/c23-17-9-11-18(12-10-17)24-22(27)25-19-8-4-7-16(13-19)20-14-28-21(26-20)15-5-2-1-3-6-15/h1-14H,(H2,24,25,27). The number of nitrogens with zero attached hydrogens (tertiary/aromatic N) is 1. The molecular weight excluding hydrogens is 390 g/mol. The van der Waals surface area contributed by atoms with Crippen LogP contribution in [0.4, 0.5) is 16.2 Å². The lowest BCUT2D eigenvalue weighted by atomic mass is 10.1. The van der Waals surface area contributed by atoms with Crippen LogP contribution in [0.15, 0.2) is 84.2 Å². The first-order valence-electron chi connectivity index (χ1n) is 8.62. The maximum atomic E-state index is 12.2. The van der Waals surface area contributed by atoms with E-state index in [4.69, 9.17) is 16.6 Å². The van der Waals surface area contributed by atoms with Crippen LogP contribution in [-0.2, 0) is 0 Å². The lowest BCUT2D eigenvalue weighted by molar-refractivity contribution is 0.262. The topological polar surface area (TPSA) is 54.0 Å². The molecule has 138 valence electrons. The summed E-state index contributed by atoms with van der Waals surface area (Å²) in [6.45, 7) is 0. The summed E-state index contributed by atoms with van der Waals surface area (Å²) < 4.78 is 0. The monoisotopic (exact) mass is 405 g/mol. The second-order valence-corrected chi connectivity index (χ2v) is 7.37. The third kappa shape index (κ3) is 4.39.